The first-order valence-electron chi connectivity index (χ1n) is 6.25. The molecule has 0 aromatic rings. The van der Waals surface area contributed by atoms with E-state index >= 15 is 0 Å². The van der Waals surface area contributed by atoms with Gasteiger partial charge in [-0.1, -0.05) is 13.8 Å². The smallest absolute Gasteiger partial charge is 0.332 e. The molecule has 0 aromatic heterocycles. The van der Waals surface area contributed by atoms with Crippen molar-refractivity contribution in [3.63, 3.8) is 0 Å². The lowest BCUT2D eigenvalue weighted by Gasteiger charge is -2.36. The van der Waals surface area contributed by atoms with Crippen molar-refractivity contribution in [1.29, 1.82) is 0 Å². The number of rotatable bonds is 2. The first-order valence-corrected chi connectivity index (χ1v) is 6.25. The summed E-state index contributed by atoms with van der Waals surface area (Å²) < 4.78 is 10.4. The van der Waals surface area contributed by atoms with Gasteiger partial charge in [-0.2, -0.15) is 0 Å². The zero-order chi connectivity index (χ0) is 13.3. The summed E-state index contributed by atoms with van der Waals surface area (Å²) >= 11 is 0. The maximum absolute atomic E-state index is 11.9. The molecular weight excluding hydrogens is 234 g/mol. The molecule has 1 aliphatic heterocycles. The average Bonchev–Trinajstić information content (AvgIpc) is 2.26. The standard InChI is InChI=1S/C13H19NO4/c1-4-17-12(16)9-7-18-11-8(14-9)5-13(2,3)6-10(11)15/h9,14H,4-7H2,1-3H3. The van der Waals surface area contributed by atoms with Crippen LogP contribution in [0.2, 0.25) is 0 Å². The van der Waals surface area contributed by atoms with Gasteiger partial charge in [0.25, 0.3) is 0 Å². The molecular formula is C13H19NO4. The molecule has 2 aliphatic rings. The first-order chi connectivity index (χ1) is 8.43. The van der Waals surface area contributed by atoms with Gasteiger partial charge in [-0.3, -0.25) is 4.79 Å². The van der Waals surface area contributed by atoms with Crippen molar-refractivity contribution in [2.45, 2.75) is 39.7 Å². The number of ether oxygens (including phenoxy) is 2. The Kier molecular flexibility index (Phi) is 3.32. The van der Waals surface area contributed by atoms with Crippen LogP contribution in [0.15, 0.2) is 11.5 Å². The summed E-state index contributed by atoms with van der Waals surface area (Å²) in [7, 11) is 0. The second-order valence-corrected chi connectivity index (χ2v) is 5.51. The molecule has 100 valence electrons. The molecule has 0 saturated carbocycles. The monoisotopic (exact) mass is 253 g/mol. The largest absolute Gasteiger partial charge is 0.485 e. The second kappa shape index (κ2) is 4.63. The Labute approximate surface area is 107 Å². The van der Waals surface area contributed by atoms with Gasteiger partial charge in [0.1, 0.15) is 6.61 Å². The molecule has 0 radical (unpaired) electrons. The molecule has 0 saturated heterocycles. The Morgan fingerprint density at radius 3 is 2.89 bits per heavy atom. The van der Waals surface area contributed by atoms with E-state index < -0.39 is 6.04 Å². The number of esters is 1. The SMILES string of the molecule is CCOC(=O)C1COC2=C(CC(C)(C)CC2=O)N1. The molecule has 1 atom stereocenters. The fourth-order valence-corrected chi connectivity index (χ4v) is 2.38. The third-order valence-corrected chi connectivity index (χ3v) is 3.14. The van der Waals surface area contributed by atoms with Crippen molar-refractivity contribution < 1.29 is 19.1 Å². The van der Waals surface area contributed by atoms with Crippen molar-refractivity contribution in [1.82, 2.24) is 5.32 Å². The minimum atomic E-state index is -0.509. The molecule has 0 spiro atoms. The third-order valence-electron chi connectivity index (χ3n) is 3.14. The second-order valence-electron chi connectivity index (χ2n) is 5.51. The van der Waals surface area contributed by atoms with Crippen LogP contribution in [0, 0.1) is 5.41 Å². The van der Waals surface area contributed by atoms with Crippen LogP contribution in [0.5, 0.6) is 0 Å². The van der Waals surface area contributed by atoms with E-state index in [9.17, 15) is 9.59 Å². The van der Waals surface area contributed by atoms with Crippen LogP contribution in [0.4, 0.5) is 0 Å². The summed E-state index contributed by atoms with van der Waals surface area (Å²) in [5.74, 6) is 0.0748. The maximum Gasteiger partial charge on any atom is 0.332 e. The Morgan fingerprint density at radius 2 is 2.22 bits per heavy atom. The number of carbonyl (C=O) groups is 2. The molecule has 2 rings (SSSR count). The molecule has 0 aromatic carbocycles. The predicted molar refractivity (Wildman–Crippen MR) is 64.6 cm³/mol. The lowest BCUT2D eigenvalue weighted by atomic mass is 9.77. The third kappa shape index (κ3) is 2.49. The van der Waals surface area contributed by atoms with Gasteiger partial charge in [-0.05, 0) is 18.8 Å². The van der Waals surface area contributed by atoms with E-state index in [1.54, 1.807) is 6.92 Å². The quantitative estimate of drug-likeness (QED) is 0.748. The molecule has 1 aliphatic carbocycles. The fraction of sp³-hybridized carbons (Fsp3) is 0.692. The molecule has 1 heterocycles. The van der Waals surface area contributed by atoms with Gasteiger partial charge >= 0.3 is 5.97 Å². The Bertz CT molecular complexity index is 411. The van der Waals surface area contributed by atoms with Crippen LogP contribution in [-0.4, -0.2) is 31.0 Å². The van der Waals surface area contributed by atoms with Crippen molar-refractivity contribution in [3.8, 4) is 0 Å². The van der Waals surface area contributed by atoms with Gasteiger partial charge in [0, 0.05) is 6.42 Å². The number of hydrogen-bond donors (Lipinski definition) is 1. The van der Waals surface area contributed by atoms with Gasteiger partial charge in [0.2, 0.25) is 0 Å². The van der Waals surface area contributed by atoms with Crippen molar-refractivity contribution in [2.24, 2.45) is 5.41 Å². The summed E-state index contributed by atoms with van der Waals surface area (Å²) in [6, 6.07) is -0.509. The number of ketones is 1. The fourth-order valence-electron chi connectivity index (χ4n) is 2.38. The lowest BCUT2D eigenvalue weighted by molar-refractivity contribution is -0.148. The lowest BCUT2D eigenvalue weighted by Crippen LogP contribution is -2.48. The normalized spacial score (nSPS) is 25.9. The van der Waals surface area contributed by atoms with E-state index in [1.165, 1.54) is 0 Å². The summed E-state index contributed by atoms with van der Waals surface area (Å²) in [5, 5.41) is 3.09. The molecule has 18 heavy (non-hydrogen) atoms. The number of nitrogens with one attached hydrogen (secondary N) is 1. The van der Waals surface area contributed by atoms with Crippen molar-refractivity contribution in [3.05, 3.63) is 11.5 Å². The van der Waals surface area contributed by atoms with E-state index in [0.717, 1.165) is 5.70 Å². The molecule has 1 N–H and O–H groups in total. The van der Waals surface area contributed by atoms with Crippen LogP contribution in [0.3, 0.4) is 0 Å². The number of hydrogen-bond acceptors (Lipinski definition) is 5. The molecule has 1 unspecified atom stereocenters. The summed E-state index contributed by atoms with van der Waals surface area (Å²) in [6.45, 7) is 6.32. The van der Waals surface area contributed by atoms with Crippen LogP contribution < -0.4 is 5.32 Å². The minimum absolute atomic E-state index is 0.0102. The Hall–Kier alpha value is -1.52. The molecule has 5 nitrogen and oxygen atoms in total. The highest BCUT2D eigenvalue weighted by Crippen LogP contribution is 2.37. The highest BCUT2D eigenvalue weighted by molar-refractivity contribution is 5.96. The van der Waals surface area contributed by atoms with E-state index in [0.29, 0.717) is 25.2 Å². The molecule has 5 heteroatoms. The first kappa shape index (κ1) is 12.9. The Balaban J connectivity index is 2.14. The topological polar surface area (TPSA) is 64.6 Å². The minimum Gasteiger partial charge on any atom is -0.485 e. The van der Waals surface area contributed by atoms with Gasteiger partial charge in [-0.15, -0.1) is 0 Å². The summed E-state index contributed by atoms with van der Waals surface area (Å²) in [4.78, 5) is 23.6. The highest BCUT2D eigenvalue weighted by atomic mass is 16.5. The number of allylic oxidation sites excluding steroid dienone is 2. The van der Waals surface area contributed by atoms with Crippen molar-refractivity contribution >= 4 is 11.8 Å². The maximum atomic E-state index is 11.9. The number of carbonyl (C=O) groups excluding carboxylic acids is 2. The van der Waals surface area contributed by atoms with Crippen molar-refractivity contribution in [2.75, 3.05) is 13.2 Å². The molecule has 0 fully saturated rings. The van der Waals surface area contributed by atoms with E-state index in [-0.39, 0.29) is 23.8 Å². The van der Waals surface area contributed by atoms with Crippen LogP contribution in [0.25, 0.3) is 0 Å². The van der Waals surface area contributed by atoms with Gasteiger partial charge < -0.3 is 14.8 Å². The molecule has 0 bridgehead atoms. The van der Waals surface area contributed by atoms with Crippen LogP contribution >= 0.6 is 0 Å². The van der Waals surface area contributed by atoms with E-state index in [1.807, 2.05) is 13.8 Å². The molecule has 0 amide bonds. The zero-order valence-corrected chi connectivity index (χ0v) is 11.0. The van der Waals surface area contributed by atoms with Gasteiger partial charge in [0.15, 0.2) is 17.6 Å². The number of Topliss-reactive ketones (excluding diaryl/α,β-unsaturated/α-hetero) is 1. The van der Waals surface area contributed by atoms with E-state index in [4.69, 9.17) is 9.47 Å². The van der Waals surface area contributed by atoms with Crippen LogP contribution in [0.1, 0.15) is 33.6 Å². The zero-order valence-electron chi connectivity index (χ0n) is 11.0. The predicted octanol–water partition coefficient (Wildman–Crippen LogP) is 1.14. The van der Waals surface area contributed by atoms with Crippen LogP contribution in [-0.2, 0) is 19.1 Å². The van der Waals surface area contributed by atoms with Gasteiger partial charge in [0.05, 0.1) is 12.3 Å². The van der Waals surface area contributed by atoms with Gasteiger partial charge in [-0.25, -0.2) is 4.79 Å². The average molecular weight is 253 g/mol. The highest BCUT2D eigenvalue weighted by Gasteiger charge is 2.39. The Morgan fingerprint density at radius 1 is 1.50 bits per heavy atom. The van der Waals surface area contributed by atoms with E-state index in [2.05, 4.69) is 5.32 Å². The summed E-state index contributed by atoms with van der Waals surface area (Å²) in [6.07, 6.45) is 1.20. The summed E-state index contributed by atoms with van der Waals surface area (Å²) in [5.41, 5.74) is 0.642.